The van der Waals surface area contributed by atoms with E-state index in [4.69, 9.17) is 0 Å². The Hall–Kier alpha value is -7.28. The Labute approximate surface area is 331 Å². The lowest BCUT2D eigenvalue weighted by Crippen LogP contribution is -1.93. The highest BCUT2D eigenvalue weighted by molar-refractivity contribution is 6.28. The summed E-state index contributed by atoms with van der Waals surface area (Å²) >= 11 is 0. The minimum Gasteiger partial charge on any atom is -0.0622 e. The molecule has 0 fully saturated rings. The molecule has 0 radical (unpaired) electrons. The lowest BCUT2D eigenvalue weighted by Gasteiger charge is -2.20. The van der Waals surface area contributed by atoms with Crippen LogP contribution in [0, 0.1) is 0 Å². The predicted molar refractivity (Wildman–Crippen MR) is 244 cm³/mol. The largest absolute Gasteiger partial charge is 0.0622 e. The van der Waals surface area contributed by atoms with Crippen molar-refractivity contribution < 1.29 is 0 Å². The van der Waals surface area contributed by atoms with Gasteiger partial charge in [0.05, 0.1) is 0 Å². The highest BCUT2D eigenvalue weighted by Crippen LogP contribution is 2.48. The predicted octanol–water partition coefficient (Wildman–Crippen LogP) is 15.7. The molecule has 0 saturated heterocycles. The van der Waals surface area contributed by atoms with Crippen LogP contribution in [0.5, 0.6) is 0 Å². The summed E-state index contributed by atoms with van der Waals surface area (Å²) in [6, 6.07) is 76.8. The van der Waals surface area contributed by atoms with Crippen molar-refractivity contribution in [2.75, 3.05) is 0 Å². The highest BCUT2D eigenvalue weighted by atomic mass is 14.3. The second-order valence-corrected chi connectivity index (χ2v) is 15.6. The molecule has 0 unspecified atom stereocenters. The molecule has 0 nitrogen and oxygen atoms in total. The molecule has 11 aromatic rings. The monoisotopic (exact) mass is 720 g/mol. The van der Waals surface area contributed by atoms with Gasteiger partial charge in [0.2, 0.25) is 0 Å². The number of hydrogen-bond acceptors (Lipinski definition) is 0. The Morgan fingerprint density at radius 1 is 0.211 bits per heavy atom. The van der Waals surface area contributed by atoms with E-state index in [0.717, 1.165) is 6.42 Å². The average molecular weight is 721 g/mol. The fraction of sp³-hybridized carbons (Fsp3) is 0.0175. The molecule has 0 atom stereocenters. The van der Waals surface area contributed by atoms with Crippen LogP contribution < -0.4 is 0 Å². The number of benzene rings is 11. The molecule has 0 heterocycles. The summed E-state index contributed by atoms with van der Waals surface area (Å²) in [6.07, 6.45) is 0.985. The van der Waals surface area contributed by atoms with E-state index < -0.39 is 0 Å². The fourth-order valence-electron chi connectivity index (χ4n) is 9.86. The molecule has 0 aromatic heterocycles. The van der Waals surface area contributed by atoms with Crippen LogP contribution in [0.2, 0.25) is 0 Å². The lowest BCUT2D eigenvalue weighted by molar-refractivity contribution is 1.27. The number of hydrogen-bond donors (Lipinski definition) is 0. The first kappa shape index (κ1) is 32.0. The van der Waals surface area contributed by atoms with Gasteiger partial charge in [-0.1, -0.05) is 170 Å². The van der Waals surface area contributed by atoms with E-state index in [1.165, 1.54) is 121 Å². The molecule has 0 bridgehead atoms. The summed E-state index contributed by atoms with van der Waals surface area (Å²) < 4.78 is 0. The van der Waals surface area contributed by atoms with Gasteiger partial charge in [-0.15, -0.1) is 0 Å². The van der Waals surface area contributed by atoms with Crippen LogP contribution >= 0.6 is 0 Å². The third-order valence-electron chi connectivity index (χ3n) is 12.4. The lowest BCUT2D eigenvalue weighted by atomic mass is 9.83. The van der Waals surface area contributed by atoms with Crippen LogP contribution in [0.25, 0.3) is 109 Å². The first-order valence-corrected chi connectivity index (χ1v) is 20.0. The molecule has 0 heteroatoms. The van der Waals surface area contributed by atoms with Crippen LogP contribution in [-0.2, 0) is 6.42 Å². The summed E-state index contributed by atoms with van der Waals surface area (Å²) in [4.78, 5) is 0. The van der Waals surface area contributed by atoms with Gasteiger partial charge in [-0.2, -0.15) is 0 Å². The Balaban J connectivity index is 1.12. The van der Waals surface area contributed by atoms with Crippen molar-refractivity contribution >= 4 is 53.9 Å². The Bertz CT molecular complexity index is 3290. The third kappa shape index (κ3) is 5.01. The van der Waals surface area contributed by atoms with Gasteiger partial charge in [-0.3, -0.25) is 0 Å². The summed E-state index contributed by atoms with van der Waals surface area (Å²) in [6.45, 7) is 0. The third-order valence-corrected chi connectivity index (χ3v) is 12.4. The highest BCUT2D eigenvalue weighted by Gasteiger charge is 2.22. The van der Waals surface area contributed by atoms with E-state index in [2.05, 4.69) is 206 Å². The summed E-state index contributed by atoms with van der Waals surface area (Å²) in [5, 5.41) is 12.9. The van der Waals surface area contributed by atoms with Crippen LogP contribution in [0.1, 0.15) is 11.1 Å². The van der Waals surface area contributed by atoms with Crippen LogP contribution in [-0.4, -0.2) is 0 Å². The van der Waals surface area contributed by atoms with E-state index in [-0.39, 0.29) is 0 Å². The molecule has 57 heavy (non-hydrogen) atoms. The van der Waals surface area contributed by atoms with Crippen molar-refractivity contribution in [3.05, 3.63) is 217 Å². The van der Waals surface area contributed by atoms with Crippen molar-refractivity contribution in [3.8, 4) is 55.6 Å². The van der Waals surface area contributed by atoms with Crippen LogP contribution in [0.15, 0.2) is 206 Å². The summed E-state index contributed by atoms with van der Waals surface area (Å²) in [5.74, 6) is 0. The van der Waals surface area contributed by atoms with E-state index in [0.29, 0.717) is 0 Å². The normalized spacial score (nSPS) is 12.1. The van der Waals surface area contributed by atoms with Gasteiger partial charge < -0.3 is 0 Å². The molecule has 0 amide bonds. The smallest absolute Gasteiger partial charge is 0.00132 e. The van der Waals surface area contributed by atoms with Gasteiger partial charge in [0.15, 0.2) is 0 Å². The zero-order valence-corrected chi connectivity index (χ0v) is 31.3. The zero-order chi connectivity index (χ0) is 37.5. The van der Waals surface area contributed by atoms with Crippen LogP contribution in [0.3, 0.4) is 0 Å². The number of fused-ring (bicyclic) bond motifs is 11. The van der Waals surface area contributed by atoms with Gasteiger partial charge in [0.1, 0.15) is 0 Å². The van der Waals surface area contributed by atoms with E-state index >= 15 is 0 Å². The molecule has 0 saturated carbocycles. The van der Waals surface area contributed by atoms with E-state index in [9.17, 15) is 0 Å². The van der Waals surface area contributed by atoms with E-state index in [1.807, 2.05) is 0 Å². The minimum atomic E-state index is 0.985. The summed E-state index contributed by atoms with van der Waals surface area (Å²) in [5.41, 5.74) is 15.5. The minimum absolute atomic E-state index is 0.985. The second kappa shape index (κ2) is 12.6. The fourth-order valence-corrected chi connectivity index (χ4v) is 9.86. The molecular weight excluding hydrogens is 685 g/mol. The Morgan fingerprint density at radius 3 is 1.25 bits per heavy atom. The Kier molecular flexibility index (Phi) is 7.09. The zero-order valence-electron chi connectivity index (χ0n) is 31.3. The maximum absolute atomic E-state index is 2.48. The molecule has 1 aliphatic rings. The topological polar surface area (TPSA) is 0 Å². The molecule has 12 rings (SSSR count). The SMILES string of the molecule is c1ccc(-c2cc(-c3ccccc3)cc(-c3c4ccccc4c(-c4ccc5c(c4)c4ccccc4c4cc6c(cc54)Cc4ccccc4-6)c4ccccc34)c2)cc1. The first-order chi connectivity index (χ1) is 28.3. The quantitative estimate of drug-likeness (QED) is 0.125. The van der Waals surface area contributed by atoms with Crippen molar-refractivity contribution in [1.82, 2.24) is 0 Å². The molecule has 1 aliphatic carbocycles. The number of rotatable bonds is 4. The molecule has 264 valence electrons. The molecule has 11 aromatic carbocycles. The van der Waals surface area contributed by atoms with Gasteiger partial charge in [0, 0.05) is 0 Å². The first-order valence-electron chi connectivity index (χ1n) is 20.0. The second-order valence-electron chi connectivity index (χ2n) is 15.6. The van der Waals surface area contributed by atoms with Gasteiger partial charge in [0.25, 0.3) is 0 Å². The van der Waals surface area contributed by atoms with Gasteiger partial charge in [-0.05, 0) is 163 Å². The Morgan fingerprint density at radius 2 is 0.649 bits per heavy atom. The summed E-state index contributed by atoms with van der Waals surface area (Å²) in [7, 11) is 0. The van der Waals surface area contributed by atoms with Crippen molar-refractivity contribution in [1.29, 1.82) is 0 Å². The van der Waals surface area contributed by atoms with Crippen molar-refractivity contribution in [3.63, 3.8) is 0 Å². The molecule has 0 N–H and O–H groups in total. The standard InChI is InChI=1S/C57H36/c1-3-15-36(16-4-1)40-30-41(37-17-5-2-6-18-37)32-43(31-40)57-50-25-13-11-23-48(50)56(49-24-12-14-26-51(49)57)39-27-28-47-53(33-39)45-21-9-10-22-46(45)55-35-52-42(34-54(47)55)29-38-19-7-8-20-44(38)52/h1-28,30-35H,29H2. The van der Waals surface area contributed by atoms with E-state index in [1.54, 1.807) is 0 Å². The maximum atomic E-state index is 2.48. The van der Waals surface area contributed by atoms with Gasteiger partial charge in [-0.25, -0.2) is 0 Å². The van der Waals surface area contributed by atoms with Gasteiger partial charge >= 0.3 is 0 Å². The average Bonchev–Trinajstić information content (AvgIpc) is 3.65. The molecule has 0 spiro atoms. The van der Waals surface area contributed by atoms with Crippen molar-refractivity contribution in [2.45, 2.75) is 6.42 Å². The molecular formula is C57H36. The van der Waals surface area contributed by atoms with Crippen molar-refractivity contribution in [2.24, 2.45) is 0 Å². The molecule has 0 aliphatic heterocycles. The van der Waals surface area contributed by atoms with Crippen LogP contribution in [0.4, 0.5) is 0 Å². The maximum Gasteiger partial charge on any atom is -0.00132 e.